The molecule has 1 saturated heterocycles. The summed E-state index contributed by atoms with van der Waals surface area (Å²) in [6.07, 6.45) is -0.264. The maximum atomic E-state index is 13.0. The van der Waals surface area contributed by atoms with Gasteiger partial charge in [0.05, 0.1) is 12.2 Å². The van der Waals surface area contributed by atoms with Crippen molar-refractivity contribution in [3.63, 3.8) is 0 Å². The van der Waals surface area contributed by atoms with E-state index < -0.39 is 54.2 Å². The van der Waals surface area contributed by atoms with Gasteiger partial charge in [0.1, 0.15) is 23.7 Å². The lowest BCUT2D eigenvalue weighted by Crippen LogP contribution is -2.67. The lowest BCUT2D eigenvalue weighted by Gasteiger charge is -2.71. The second-order valence-corrected chi connectivity index (χ2v) is 18.0. The predicted molar refractivity (Wildman–Crippen MR) is 167 cm³/mol. The zero-order valence-corrected chi connectivity index (χ0v) is 28.5. The molecule has 0 amide bonds. The summed E-state index contributed by atoms with van der Waals surface area (Å²) in [6, 6.07) is 0. The fraction of sp³-hybridized carbons (Fsp3) is 0.889. The van der Waals surface area contributed by atoms with E-state index >= 15 is 0 Å². The number of carboxylic acids is 2. The van der Waals surface area contributed by atoms with Crippen LogP contribution in [-0.2, 0) is 19.1 Å². The van der Waals surface area contributed by atoms with Crippen LogP contribution in [0.25, 0.3) is 0 Å². The third-order valence-electron chi connectivity index (χ3n) is 15.1. The average molecular weight is 649 g/mol. The van der Waals surface area contributed by atoms with Gasteiger partial charge in [0.15, 0.2) is 12.4 Å². The highest BCUT2D eigenvalue weighted by molar-refractivity contribution is 5.77. The van der Waals surface area contributed by atoms with Gasteiger partial charge in [0, 0.05) is 0 Å². The fourth-order valence-corrected chi connectivity index (χ4v) is 12.4. The summed E-state index contributed by atoms with van der Waals surface area (Å²) in [4.78, 5) is 24.7. The van der Waals surface area contributed by atoms with Crippen LogP contribution < -0.4 is 0 Å². The van der Waals surface area contributed by atoms with Gasteiger partial charge in [0.2, 0.25) is 0 Å². The summed E-state index contributed by atoms with van der Waals surface area (Å²) in [5.41, 5.74) is -0.730. The largest absolute Gasteiger partial charge is 0.481 e. The van der Waals surface area contributed by atoms with Crippen LogP contribution in [0.5, 0.6) is 0 Å². The molecule has 5 aliphatic carbocycles. The molecule has 260 valence electrons. The van der Waals surface area contributed by atoms with Gasteiger partial charge in [-0.25, -0.2) is 4.79 Å². The SMILES string of the molecule is CC1(C)C[C@H](O)[C@]2(C(=O)O)CC[C@]3(C)C(=CC[C@@H]4[C@@]5(C)CC[C@H](O[C@@H]6O[C@H](C(=O)O)[C@@H](O)[C@H](O)[C@H]6O)C(C)(C)C5CC[C@]43C)[C@@H]2C1. The molecule has 5 fully saturated rings. The number of allylic oxidation sites excluding steroid dienone is 2. The minimum Gasteiger partial charge on any atom is -0.481 e. The van der Waals surface area contributed by atoms with Crippen molar-refractivity contribution in [2.75, 3.05) is 0 Å². The number of hydrogen-bond donors (Lipinski definition) is 6. The maximum Gasteiger partial charge on any atom is 0.335 e. The Hall–Kier alpha value is -1.56. The van der Waals surface area contributed by atoms with E-state index in [0.29, 0.717) is 25.2 Å². The smallest absolute Gasteiger partial charge is 0.335 e. The molecular formula is C36H56O10. The third kappa shape index (κ3) is 4.49. The molecule has 6 rings (SSSR count). The highest BCUT2D eigenvalue weighted by Crippen LogP contribution is 2.76. The number of rotatable bonds is 4. The Balaban J connectivity index is 1.30. The van der Waals surface area contributed by atoms with E-state index in [0.717, 1.165) is 38.5 Å². The second kappa shape index (κ2) is 10.7. The van der Waals surface area contributed by atoms with Crippen molar-refractivity contribution in [2.24, 2.45) is 50.2 Å². The molecule has 4 saturated carbocycles. The standard InChI is InChI=1S/C36H56O10/c1-31(2)16-19-18-8-9-21-33(5)12-11-23(45-29-26(40)24(38)25(39)27(46-29)28(41)42)32(3,4)20(33)10-13-35(21,7)34(18,6)14-15-36(19,30(43)44)22(37)17-31/h8,19-27,29,37-40H,9-17H2,1-7H3,(H,41,42)(H,43,44)/t19-,20?,21+,22-,23-,24-,25-,26+,27-,29+,33-,34+,35+,36-/m0/s1. The van der Waals surface area contributed by atoms with Gasteiger partial charge in [-0.15, -0.1) is 0 Å². The van der Waals surface area contributed by atoms with E-state index in [1.165, 1.54) is 5.57 Å². The number of carboxylic acid groups (broad SMARTS) is 2. The molecule has 0 bridgehead atoms. The number of fused-ring (bicyclic) bond motifs is 7. The highest BCUT2D eigenvalue weighted by Gasteiger charge is 2.71. The van der Waals surface area contributed by atoms with Gasteiger partial charge in [-0.3, -0.25) is 4.79 Å². The lowest BCUT2D eigenvalue weighted by molar-refractivity contribution is -0.324. The van der Waals surface area contributed by atoms with Crippen LogP contribution in [-0.4, -0.2) is 85.5 Å². The molecule has 46 heavy (non-hydrogen) atoms. The van der Waals surface area contributed by atoms with Crippen LogP contribution in [0.4, 0.5) is 0 Å². The number of carbonyl (C=O) groups is 2. The summed E-state index contributed by atoms with van der Waals surface area (Å²) >= 11 is 0. The fourth-order valence-electron chi connectivity index (χ4n) is 12.4. The number of aliphatic hydroxyl groups is 4. The van der Waals surface area contributed by atoms with E-state index in [1.807, 2.05) is 0 Å². The summed E-state index contributed by atoms with van der Waals surface area (Å²) < 4.78 is 11.9. The first kappa shape index (κ1) is 34.3. The van der Waals surface area contributed by atoms with E-state index in [2.05, 4.69) is 54.5 Å². The van der Waals surface area contributed by atoms with Crippen molar-refractivity contribution in [1.29, 1.82) is 0 Å². The Bertz CT molecular complexity index is 1290. The van der Waals surface area contributed by atoms with Crippen LogP contribution in [0, 0.1) is 50.2 Å². The van der Waals surface area contributed by atoms with E-state index in [4.69, 9.17) is 9.47 Å². The minimum absolute atomic E-state index is 0.0561. The van der Waals surface area contributed by atoms with Crippen LogP contribution in [0.2, 0.25) is 0 Å². The van der Waals surface area contributed by atoms with E-state index in [1.54, 1.807) is 0 Å². The van der Waals surface area contributed by atoms with Crippen LogP contribution in [0.3, 0.4) is 0 Å². The van der Waals surface area contributed by atoms with Crippen molar-refractivity contribution in [1.82, 2.24) is 0 Å². The van der Waals surface area contributed by atoms with Crippen molar-refractivity contribution in [3.8, 4) is 0 Å². The van der Waals surface area contributed by atoms with Crippen molar-refractivity contribution < 1.29 is 49.7 Å². The Morgan fingerprint density at radius 1 is 0.826 bits per heavy atom. The first-order valence-electron chi connectivity index (χ1n) is 17.4. The molecule has 1 heterocycles. The molecule has 0 aromatic heterocycles. The monoisotopic (exact) mass is 648 g/mol. The van der Waals surface area contributed by atoms with Crippen molar-refractivity contribution in [2.45, 2.75) is 149 Å². The van der Waals surface area contributed by atoms with E-state index in [9.17, 15) is 40.2 Å². The Morgan fingerprint density at radius 3 is 2.13 bits per heavy atom. The molecule has 14 atom stereocenters. The van der Waals surface area contributed by atoms with Gasteiger partial charge < -0.3 is 40.1 Å². The quantitative estimate of drug-likeness (QED) is 0.192. The van der Waals surface area contributed by atoms with Crippen molar-refractivity contribution in [3.05, 3.63) is 11.6 Å². The van der Waals surface area contributed by atoms with E-state index in [-0.39, 0.29) is 45.0 Å². The van der Waals surface area contributed by atoms with Gasteiger partial charge >= 0.3 is 11.9 Å². The first-order valence-corrected chi connectivity index (χ1v) is 17.4. The molecule has 0 aromatic rings. The highest BCUT2D eigenvalue weighted by atomic mass is 16.7. The number of ether oxygens (including phenoxy) is 2. The third-order valence-corrected chi connectivity index (χ3v) is 15.1. The number of hydrogen-bond acceptors (Lipinski definition) is 8. The molecule has 10 heteroatoms. The summed E-state index contributed by atoms with van der Waals surface area (Å²) in [6.45, 7) is 15.9. The lowest BCUT2D eigenvalue weighted by atomic mass is 9.33. The normalized spacial score (nSPS) is 52.6. The van der Waals surface area contributed by atoms with Crippen LogP contribution in [0.1, 0.15) is 106 Å². The second-order valence-electron chi connectivity index (χ2n) is 18.0. The molecule has 0 spiro atoms. The molecule has 0 radical (unpaired) electrons. The Morgan fingerprint density at radius 2 is 1.50 bits per heavy atom. The van der Waals surface area contributed by atoms with Crippen LogP contribution >= 0.6 is 0 Å². The number of aliphatic hydroxyl groups excluding tert-OH is 4. The molecule has 1 unspecified atom stereocenters. The van der Waals surface area contributed by atoms with Crippen molar-refractivity contribution >= 4 is 11.9 Å². The summed E-state index contributed by atoms with van der Waals surface area (Å²) in [5, 5.41) is 62.8. The Labute approximate surface area is 272 Å². The molecule has 10 nitrogen and oxygen atoms in total. The molecule has 6 aliphatic rings. The molecule has 0 aromatic carbocycles. The zero-order chi connectivity index (χ0) is 34.0. The first-order chi connectivity index (χ1) is 21.2. The van der Waals surface area contributed by atoms with Gasteiger partial charge in [0.25, 0.3) is 0 Å². The topological polar surface area (TPSA) is 174 Å². The zero-order valence-electron chi connectivity index (χ0n) is 28.5. The molecule has 1 aliphatic heterocycles. The van der Waals surface area contributed by atoms with Crippen LogP contribution in [0.15, 0.2) is 11.6 Å². The summed E-state index contributed by atoms with van der Waals surface area (Å²) in [5.74, 6) is -1.90. The molecule has 6 N–H and O–H groups in total. The Kier molecular flexibility index (Phi) is 7.99. The van der Waals surface area contributed by atoms with Gasteiger partial charge in [-0.05, 0) is 103 Å². The predicted octanol–water partition coefficient (Wildman–Crippen LogP) is 4.12. The maximum absolute atomic E-state index is 13.0. The number of aliphatic carboxylic acids is 2. The van der Waals surface area contributed by atoms with Gasteiger partial charge in [-0.2, -0.15) is 0 Å². The average Bonchev–Trinajstić information content (AvgIpc) is 2.94. The van der Waals surface area contributed by atoms with Gasteiger partial charge in [-0.1, -0.05) is 60.1 Å². The molecular weight excluding hydrogens is 592 g/mol. The minimum atomic E-state index is -1.76. The summed E-state index contributed by atoms with van der Waals surface area (Å²) in [7, 11) is 0.